The number of carbonyl (C=O) groups is 4. The van der Waals surface area contributed by atoms with E-state index in [1.165, 1.54) is 22.6 Å². The maximum absolute atomic E-state index is 13.3. The number of ether oxygens (including phenoxy) is 1. The monoisotopic (exact) mass is 560 g/mol. The van der Waals surface area contributed by atoms with Gasteiger partial charge in [0.05, 0.1) is 23.1 Å². The third-order valence-electron chi connectivity index (χ3n) is 7.02. The molecule has 37 heavy (non-hydrogen) atoms. The lowest BCUT2D eigenvalue weighted by Gasteiger charge is -2.28. The van der Waals surface area contributed by atoms with Gasteiger partial charge >= 0.3 is 5.97 Å². The van der Waals surface area contributed by atoms with Gasteiger partial charge in [-0.1, -0.05) is 46.3 Å². The van der Waals surface area contributed by atoms with Gasteiger partial charge in [-0.25, -0.2) is 4.79 Å². The SMILES string of the molecule is O=C(COC(=O)c1ccc(N2C(=O)[C@@H]3CC[C@@H](c4ccccc4)C[C@H]3C2=O)cc1)Nc1ccc(Br)cc1. The minimum Gasteiger partial charge on any atom is -0.452 e. The Morgan fingerprint density at radius 3 is 2.24 bits per heavy atom. The molecule has 0 unspecified atom stereocenters. The van der Waals surface area contributed by atoms with Crippen molar-refractivity contribution in [3.63, 3.8) is 0 Å². The van der Waals surface area contributed by atoms with Gasteiger partial charge in [-0.2, -0.15) is 0 Å². The largest absolute Gasteiger partial charge is 0.452 e. The lowest BCUT2D eigenvalue weighted by molar-refractivity contribution is -0.122. The van der Waals surface area contributed by atoms with Crippen molar-refractivity contribution in [2.24, 2.45) is 11.8 Å². The number of esters is 1. The number of amides is 3. The van der Waals surface area contributed by atoms with E-state index in [1.54, 1.807) is 36.4 Å². The van der Waals surface area contributed by atoms with Crippen LogP contribution in [0, 0.1) is 11.8 Å². The second-order valence-electron chi connectivity index (χ2n) is 9.32. The number of anilines is 2. The first kappa shape index (κ1) is 24.9. The molecule has 0 radical (unpaired) electrons. The molecular formula is C29H25BrN2O5. The Morgan fingerprint density at radius 1 is 0.865 bits per heavy atom. The molecule has 188 valence electrons. The van der Waals surface area contributed by atoms with E-state index in [1.807, 2.05) is 18.2 Å². The van der Waals surface area contributed by atoms with Crippen LogP contribution in [0.15, 0.2) is 83.3 Å². The summed E-state index contributed by atoms with van der Waals surface area (Å²) in [7, 11) is 0. The number of carbonyl (C=O) groups excluding carboxylic acids is 4. The summed E-state index contributed by atoms with van der Waals surface area (Å²) in [6.07, 6.45) is 2.21. The maximum atomic E-state index is 13.3. The molecule has 0 spiro atoms. The molecule has 2 aliphatic rings. The summed E-state index contributed by atoms with van der Waals surface area (Å²) in [5.74, 6) is -1.87. The first-order valence-corrected chi connectivity index (χ1v) is 13.0. The molecule has 1 heterocycles. The lowest BCUT2D eigenvalue weighted by atomic mass is 9.73. The number of nitrogens with one attached hydrogen (secondary N) is 1. The average molecular weight is 561 g/mol. The molecule has 3 amide bonds. The summed E-state index contributed by atoms with van der Waals surface area (Å²) in [5.41, 5.74) is 2.45. The zero-order chi connectivity index (χ0) is 25.9. The molecule has 1 N–H and O–H groups in total. The van der Waals surface area contributed by atoms with E-state index in [0.29, 0.717) is 24.2 Å². The van der Waals surface area contributed by atoms with Crippen molar-refractivity contribution >= 4 is 51.0 Å². The van der Waals surface area contributed by atoms with E-state index < -0.39 is 18.5 Å². The summed E-state index contributed by atoms with van der Waals surface area (Å²) < 4.78 is 6.00. The smallest absolute Gasteiger partial charge is 0.338 e. The van der Waals surface area contributed by atoms with Crippen molar-refractivity contribution in [2.45, 2.75) is 25.2 Å². The molecule has 1 aliphatic carbocycles. The second kappa shape index (κ2) is 10.7. The summed E-state index contributed by atoms with van der Waals surface area (Å²) >= 11 is 3.32. The molecule has 1 aliphatic heterocycles. The fraction of sp³-hybridized carbons (Fsp3) is 0.241. The molecule has 2 fully saturated rings. The minimum absolute atomic E-state index is 0.179. The Labute approximate surface area is 222 Å². The molecule has 7 nitrogen and oxygen atoms in total. The Balaban J connectivity index is 1.20. The van der Waals surface area contributed by atoms with Crippen molar-refractivity contribution in [2.75, 3.05) is 16.8 Å². The summed E-state index contributed by atoms with van der Waals surface area (Å²) in [6, 6.07) is 23.3. The van der Waals surface area contributed by atoms with E-state index in [9.17, 15) is 19.2 Å². The van der Waals surface area contributed by atoms with Gasteiger partial charge in [0, 0.05) is 10.2 Å². The van der Waals surface area contributed by atoms with Gasteiger partial charge in [0.15, 0.2) is 6.61 Å². The van der Waals surface area contributed by atoms with E-state index in [2.05, 4.69) is 33.4 Å². The van der Waals surface area contributed by atoms with Gasteiger partial charge in [0.25, 0.3) is 5.91 Å². The number of hydrogen-bond donors (Lipinski definition) is 1. The third kappa shape index (κ3) is 5.34. The molecule has 3 aromatic rings. The Kier molecular flexibility index (Phi) is 7.19. The van der Waals surface area contributed by atoms with Crippen LogP contribution in [0.25, 0.3) is 0 Å². The lowest BCUT2D eigenvalue weighted by Crippen LogP contribution is -2.30. The fourth-order valence-corrected chi connectivity index (χ4v) is 5.42. The molecule has 0 aromatic heterocycles. The van der Waals surface area contributed by atoms with Gasteiger partial charge in [-0.05, 0) is 79.3 Å². The topological polar surface area (TPSA) is 92.8 Å². The van der Waals surface area contributed by atoms with E-state index in [4.69, 9.17) is 4.74 Å². The molecule has 1 saturated carbocycles. The van der Waals surface area contributed by atoms with Crippen molar-refractivity contribution in [3.05, 3.63) is 94.5 Å². The number of benzene rings is 3. The zero-order valence-electron chi connectivity index (χ0n) is 19.9. The fourth-order valence-electron chi connectivity index (χ4n) is 5.15. The highest BCUT2D eigenvalue weighted by atomic mass is 79.9. The predicted octanol–water partition coefficient (Wildman–Crippen LogP) is 5.32. The van der Waals surface area contributed by atoms with Crippen LogP contribution in [0.2, 0.25) is 0 Å². The molecule has 0 bridgehead atoms. The van der Waals surface area contributed by atoms with Crippen LogP contribution >= 0.6 is 15.9 Å². The third-order valence-corrected chi connectivity index (χ3v) is 7.55. The number of nitrogens with zero attached hydrogens (tertiary/aromatic N) is 1. The number of rotatable bonds is 6. The zero-order valence-corrected chi connectivity index (χ0v) is 21.5. The summed E-state index contributed by atoms with van der Waals surface area (Å²) in [5, 5.41) is 2.65. The highest BCUT2D eigenvalue weighted by molar-refractivity contribution is 9.10. The van der Waals surface area contributed by atoms with E-state index in [0.717, 1.165) is 10.9 Å². The van der Waals surface area contributed by atoms with Crippen molar-refractivity contribution in [3.8, 4) is 0 Å². The highest BCUT2D eigenvalue weighted by Crippen LogP contribution is 2.45. The average Bonchev–Trinajstić information content (AvgIpc) is 3.18. The number of imide groups is 1. The van der Waals surface area contributed by atoms with E-state index >= 15 is 0 Å². The van der Waals surface area contributed by atoms with Gasteiger partial charge in [-0.3, -0.25) is 19.3 Å². The molecule has 1 saturated heterocycles. The number of fused-ring (bicyclic) bond motifs is 1. The standard InChI is InChI=1S/C29H25BrN2O5/c30-21-9-11-22(12-10-21)31-26(33)17-37-29(36)19-6-13-23(14-7-19)32-27(34)24-15-8-20(16-25(24)28(32)35)18-4-2-1-3-5-18/h1-7,9-14,20,24-25H,8,15-17H2,(H,31,33)/t20-,24-,25-/m1/s1. The normalized spacial score (nSPS) is 20.9. The highest BCUT2D eigenvalue weighted by Gasteiger charge is 2.50. The van der Waals surface area contributed by atoms with Crippen molar-refractivity contribution < 1.29 is 23.9 Å². The van der Waals surface area contributed by atoms with Gasteiger partial charge < -0.3 is 10.1 Å². The van der Waals surface area contributed by atoms with Crippen LogP contribution in [0.1, 0.15) is 41.1 Å². The van der Waals surface area contributed by atoms with Crippen molar-refractivity contribution in [1.82, 2.24) is 0 Å². The first-order valence-electron chi connectivity index (χ1n) is 12.2. The summed E-state index contributed by atoms with van der Waals surface area (Å²) in [4.78, 5) is 52.2. The molecule has 8 heteroatoms. The second-order valence-corrected chi connectivity index (χ2v) is 10.2. The maximum Gasteiger partial charge on any atom is 0.338 e. The summed E-state index contributed by atoms with van der Waals surface area (Å²) in [6.45, 7) is -0.439. The van der Waals surface area contributed by atoms with Crippen LogP contribution in [0.4, 0.5) is 11.4 Å². The van der Waals surface area contributed by atoms with Crippen LogP contribution in [-0.4, -0.2) is 30.3 Å². The van der Waals surface area contributed by atoms with Gasteiger partial charge in [-0.15, -0.1) is 0 Å². The Bertz CT molecular complexity index is 1320. The number of halogens is 1. The van der Waals surface area contributed by atoms with E-state index in [-0.39, 0.29) is 35.1 Å². The molecular weight excluding hydrogens is 536 g/mol. The molecule has 3 atom stereocenters. The van der Waals surface area contributed by atoms with Crippen LogP contribution < -0.4 is 10.2 Å². The minimum atomic E-state index is -0.670. The Hall–Kier alpha value is -3.78. The van der Waals surface area contributed by atoms with Crippen LogP contribution in [0.5, 0.6) is 0 Å². The predicted molar refractivity (Wildman–Crippen MR) is 142 cm³/mol. The molecule has 3 aromatic carbocycles. The Morgan fingerprint density at radius 2 is 1.54 bits per heavy atom. The number of hydrogen-bond acceptors (Lipinski definition) is 5. The van der Waals surface area contributed by atoms with Crippen LogP contribution in [0.3, 0.4) is 0 Å². The van der Waals surface area contributed by atoms with Gasteiger partial charge in [0.2, 0.25) is 11.8 Å². The van der Waals surface area contributed by atoms with Crippen molar-refractivity contribution in [1.29, 1.82) is 0 Å². The molecule has 5 rings (SSSR count). The quantitative estimate of drug-likeness (QED) is 0.325. The van der Waals surface area contributed by atoms with Gasteiger partial charge in [0.1, 0.15) is 0 Å². The van der Waals surface area contributed by atoms with Crippen LogP contribution in [-0.2, 0) is 19.1 Å². The first-order chi connectivity index (χ1) is 17.9.